The van der Waals surface area contributed by atoms with Gasteiger partial charge in [-0.1, -0.05) is 25.0 Å². The van der Waals surface area contributed by atoms with E-state index in [1.54, 1.807) is 50.2 Å². The number of carbonyl (C=O) groups is 2. The van der Waals surface area contributed by atoms with Crippen LogP contribution in [-0.2, 0) is 19.4 Å². The standard InChI is InChI=1S/C23H27NO5S/c1-4-29-21(25)18-9-11-19(12-10-18)24-22(26)23(13-5-6-14-23)30(27,28)20-15-16(2)7-8-17(20)3/h7-12,15H,4-6,13-14H2,1-3H3,(H,24,26). The first kappa shape index (κ1) is 22.0. The molecule has 1 aliphatic rings. The predicted molar refractivity (Wildman–Crippen MR) is 115 cm³/mol. The van der Waals surface area contributed by atoms with E-state index in [4.69, 9.17) is 4.74 Å². The van der Waals surface area contributed by atoms with Crippen LogP contribution in [0.25, 0.3) is 0 Å². The fourth-order valence-electron chi connectivity index (χ4n) is 3.92. The van der Waals surface area contributed by atoms with Crippen LogP contribution in [0.2, 0.25) is 0 Å². The van der Waals surface area contributed by atoms with Crippen LogP contribution in [-0.4, -0.2) is 31.6 Å². The van der Waals surface area contributed by atoms with Crippen LogP contribution in [0.15, 0.2) is 47.4 Å². The number of ether oxygens (including phenoxy) is 1. The number of hydrogen-bond donors (Lipinski definition) is 1. The normalized spacial score (nSPS) is 15.6. The van der Waals surface area contributed by atoms with Crippen LogP contribution in [0.5, 0.6) is 0 Å². The molecule has 1 N–H and O–H groups in total. The van der Waals surface area contributed by atoms with Crippen LogP contribution in [0.4, 0.5) is 5.69 Å². The molecule has 1 amide bonds. The third kappa shape index (κ3) is 3.99. The lowest BCUT2D eigenvalue weighted by Gasteiger charge is -2.28. The van der Waals surface area contributed by atoms with Crippen molar-refractivity contribution in [2.24, 2.45) is 0 Å². The van der Waals surface area contributed by atoms with Gasteiger partial charge in [0.05, 0.1) is 17.1 Å². The molecule has 1 aliphatic carbocycles. The molecule has 1 fully saturated rings. The van der Waals surface area contributed by atoms with Gasteiger partial charge >= 0.3 is 5.97 Å². The van der Waals surface area contributed by atoms with E-state index in [-0.39, 0.29) is 24.3 Å². The van der Waals surface area contributed by atoms with Crippen LogP contribution in [0, 0.1) is 13.8 Å². The van der Waals surface area contributed by atoms with Crippen LogP contribution in [0.1, 0.15) is 54.1 Å². The first-order chi connectivity index (χ1) is 14.2. The Balaban J connectivity index is 1.91. The molecule has 0 bridgehead atoms. The average Bonchev–Trinajstić information content (AvgIpc) is 3.22. The van der Waals surface area contributed by atoms with Gasteiger partial charge in [-0.3, -0.25) is 4.79 Å². The van der Waals surface area contributed by atoms with Crippen molar-refractivity contribution in [3.05, 3.63) is 59.2 Å². The summed E-state index contributed by atoms with van der Waals surface area (Å²) in [6, 6.07) is 11.5. The second kappa shape index (κ2) is 8.60. The lowest BCUT2D eigenvalue weighted by Crippen LogP contribution is -2.47. The summed E-state index contributed by atoms with van der Waals surface area (Å²) in [5.74, 6) is -0.968. The molecular weight excluding hydrogens is 402 g/mol. The van der Waals surface area contributed by atoms with E-state index in [2.05, 4.69) is 5.32 Å². The quantitative estimate of drug-likeness (QED) is 0.695. The highest BCUT2D eigenvalue weighted by Crippen LogP contribution is 2.42. The van der Waals surface area contributed by atoms with Crippen molar-refractivity contribution in [1.29, 1.82) is 0 Å². The van der Waals surface area contributed by atoms with E-state index >= 15 is 0 Å². The minimum atomic E-state index is -3.89. The van der Waals surface area contributed by atoms with Crippen molar-refractivity contribution in [3.63, 3.8) is 0 Å². The Morgan fingerprint density at radius 2 is 1.67 bits per heavy atom. The summed E-state index contributed by atoms with van der Waals surface area (Å²) < 4.78 is 30.8. The lowest BCUT2D eigenvalue weighted by molar-refractivity contribution is -0.118. The zero-order valence-electron chi connectivity index (χ0n) is 17.5. The van der Waals surface area contributed by atoms with E-state index < -0.39 is 26.5 Å². The molecule has 0 unspecified atom stereocenters. The molecule has 6 nitrogen and oxygen atoms in total. The monoisotopic (exact) mass is 429 g/mol. The third-order valence-electron chi connectivity index (χ3n) is 5.63. The zero-order chi connectivity index (χ0) is 21.9. The van der Waals surface area contributed by atoms with E-state index in [1.165, 1.54) is 0 Å². The van der Waals surface area contributed by atoms with E-state index in [0.29, 0.717) is 29.7 Å². The maximum Gasteiger partial charge on any atom is 0.338 e. The van der Waals surface area contributed by atoms with Crippen LogP contribution < -0.4 is 5.32 Å². The van der Waals surface area contributed by atoms with Gasteiger partial charge in [0, 0.05) is 5.69 Å². The molecule has 2 aromatic carbocycles. The summed E-state index contributed by atoms with van der Waals surface area (Å²) in [6.07, 6.45) is 1.93. The van der Waals surface area contributed by atoms with Gasteiger partial charge in [-0.05, 0) is 75.1 Å². The number of anilines is 1. The van der Waals surface area contributed by atoms with Gasteiger partial charge < -0.3 is 10.1 Å². The van der Waals surface area contributed by atoms with Gasteiger partial charge in [-0.25, -0.2) is 13.2 Å². The van der Waals surface area contributed by atoms with Gasteiger partial charge in [0.1, 0.15) is 0 Å². The Morgan fingerprint density at radius 1 is 1.03 bits per heavy atom. The first-order valence-corrected chi connectivity index (χ1v) is 11.6. The van der Waals surface area contributed by atoms with Crippen molar-refractivity contribution < 1.29 is 22.7 Å². The number of aryl methyl sites for hydroxylation is 2. The fourth-order valence-corrected chi connectivity index (χ4v) is 6.30. The molecule has 0 spiro atoms. The molecule has 0 aliphatic heterocycles. The Hall–Kier alpha value is -2.67. The molecule has 160 valence electrons. The minimum absolute atomic E-state index is 0.220. The number of rotatable bonds is 6. The Bertz CT molecular complexity index is 1050. The number of hydrogen-bond acceptors (Lipinski definition) is 5. The number of sulfone groups is 1. The molecule has 0 atom stereocenters. The van der Waals surface area contributed by atoms with Gasteiger partial charge in [0.15, 0.2) is 14.6 Å². The maximum atomic E-state index is 13.7. The lowest BCUT2D eigenvalue weighted by atomic mass is 10.1. The van der Waals surface area contributed by atoms with Gasteiger partial charge in [-0.2, -0.15) is 0 Å². The van der Waals surface area contributed by atoms with Crippen molar-refractivity contribution >= 4 is 27.4 Å². The molecule has 2 aromatic rings. The van der Waals surface area contributed by atoms with Crippen LogP contribution >= 0.6 is 0 Å². The summed E-state index contributed by atoms with van der Waals surface area (Å²) in [4.78, 5) is 25.3. The molecule has 30 heavy (non-hydrogen) atoms. The summed E-state index contributed by atoms with van der Waals surface area (Å²) in [5.41, 5.74) is 2.28. The highest BCUT2D eigenvalue weighted by Gasteiger charge is 2.53. The predicted octanol–water partition coefficient (Wildman–Crippen LogP) is 4.21. The van der Waals surface area contributed by atoms with Crippen molar-refractivity contribution in [1.82, 2.24) is 0 Å². The van der Waals surface area contributed by atoms with Crippen molar-refractivity contribution in [2.45, 2.75) is 56.1 Å². The van der Waals surface area contributed by atoms with E-state index in [1.807, 2.05) is 13.0 Å². The Morgan fingerprint density at radius 3 is 2.27 bits per heavy atom. The third-order valence-corrected chi connectivity index (χ3v) is 8.27. The maximum absolute atomic E-state index is 13.7. The van der Waals surface area contributed by atoms with Gasteiger partial charge in [0.2, 0.25) is 5.91 Å². The Kier molecular flexibility index (Phi) is 6.31. The largest absolute Gasteiger partial charge is 0.462 e. The number of benzene rings is 2. The minimum Gasteiger partial charge on any atom is -0.462 e. The smallest absolute Gasteiger partial charge is 0.338 e. The second-order valence-electron chi connectivity index (χ2n) is 7.73. The fraction of sp³-hybridized carbons (Fsp3) is 0.391. The highest BCUT2D eigenvalue weighted by molar-refractivity contribution is 7.93. The number of amides is 1. The van der Waals surface area contributed by atoms with Gasteiger partial charge in [0.25, 0.3) is 0 Å². The van der Waals surface area contributed by atoms with Gasteiger partial charge in [-0.15, -0.1) is 0 Å². The van der Waals surface area contributed by atoms with E-state index in [9.17, 15) is 18.0 Å². The summed E-state index contributed by atoms with van der Waals surface area (Å²) >= 11 is 0. The molecule has 7 heteroatoms. The number of esters is 1. The molecule has 0 saturated heterocycles. The molecule has 0 aromatic heterocycles. The first-order valence-electron chi connectivity index (χ1n) is 10.1. The SMILES string of the molecule is CCOC(=O)c1ccc(NC(=O)C2(S(=O)(=O)c3cc(C)ccc3C)CCCC2)cc1. The summed E-state index contributed by atoms with van der Waals surface area (Å²) in [6.45, 7) is 5.59. The molecule has 0 heterocycles. The zero-order valence-corrected chi connectivity index (χ0v) is 18.3. The van der Waals surface area contributed by atoms with Crippen molar-refractivity contribution in [2.75, 3.05) is 11.9 Å². The van der Waals surface area contributed by atoms with E-state index in [0.717, 1.165) is 5.56 Å². The summed E-state index contributed by atoms with van der Waals surface area (Å²) in [7, 11) is -3.89. The number of carbonyl (C=O) groups excluding carboxylic acids is 2. The van der Waals surface area contributed by atoms with Crippen LogP contribution in [0.3, 0.4) is 0 Å². The molecular formula is C23H27NO5S. The van der Waals surface area contributed by atoms with Crippen molar-refractivity contribution in [3.8, 4) is 0 Å². The summed E-state index contributed by atoms with van der Waals surface area (Å²) in [5, 5.41) is 2.76. The molecule has 3 rings (SSSR count). The topological polar surface area (TPSA) is 89.5 Å². The highest BCUT2D eigenvalue weighted by atomic mass is 32.2. The molecule has 0 radical (unpaired) electrons. The second-order valence-corrected chi connectivity index (χ2v) is 9.95. The molecule has 1 saturated carbocycles. The average molecular weight is 430 g/mol. The Labute approximate surface area is 177 Å². The number of nitrogens with one attached hydrogen (secondary N) is 1.